The molecule has 1 aromatic carbocycles. The molecule has 0 atom stereocenters. The average Bonchev–Trinajstić information content (AvgIpc) is 2.70. The van der Waals surface area contributed by atoms with Crippen molar-refractivity contribution in [1.29, 1.82) is 5.26 Å². The first kappa shape index (κ1) is 18.8. The molecule has 0 unspecified atom stereocenters. The van der Waals surface area contributed by atoms with E-state index >= 15 is 0 Å². The molecule has 1 heterocycles. The van der Waals surface area contributed by atoms with Crippen LogP contribution >= 0.6 is 0 Å². The topological polar surface area (TPSA) is 96.3 Å². The van der Waals surface area contributed by atoms with Crippen molar-refractivity contribution in [3.63, 3.8) is 0 Å². The van der Waals surface area contributed by atoms with Crippen LogP contribution in [-0.2, 0) is 11.3 Å². The van der Waals surface area contributed by atoms with E-state index in [-0.39, 0.29) is 5.57 Å². The second-order valence-electron chi connectivity index (χ2n) is 5.19. The number of nitriles is 1. The third-order valence-electron chi connectivity index (χ3n) is 3.36. The third kappa shape index (κ3) is 6.17. The molecule has 7 nitrogen and oxygen atoms in total. The zero-order valence-electron chi connectivity index (χ0n) is 14.4. The molecule has 7 heteroatoms. The van der Waals surface area contributed by atoms with E-state index in [1.165, 1.54) is 6.20 Å². The van der Waals surface area contributed by atoms with Crippen molar-refractivity contribution in [2.24, 2.45) is 0 Å². The first-order valence-electron chi connectivity index (χ1n) is 8.00. The monoisotopic (exact) mass is 352 g/mol. The maximum Gasteiger partial charge on any atom is 0.263 e. The molecule has 2 N–H and O–H groups in total. The number of ether oxygens (including phenoxy) is 2. The van der Waals surface area contributed by atoms with Crippen molar-refractivity contribution < 1.29 is 14.3 Å². The summed E-state index contributed by atoms with van der Waals surface area (Å²) in [7, 11) is 1.60. The maximum atomic E-state index is 12.0. The van der Waals surface area contributed by atoms with Crippen molar-refractivity contribution in [2.75, 3.05) is 20.3 Å². The Bertz CT molecular complexity index is 768. The van der Waals surface area contributed by atoms with Crippen LogP contribution < -0.4 is 20.1 Å². The Morgan fingerprint density at radius 2 is 2.04 bits per heavy atom. The normalized spacial score (nSPS) is 10.5. The number of nitrogens with one attached hydrogen (secondary N) is 2. The molecule has 2 rings (SSSR count). The van der Waals surface area contributed by atoms with Crippen LogP contribution in [0.4, 0.5) is 0 Å². The number of aromatic nitrogens is 1. The number of rotatable bonds is 9. The number of benzene rings is 1. The predicted molar refractivity (Wildman–Crippen MR) is 96.3 cm³/mol. The molecule has 134 valence electrons. The van der Waals surface area contributed by atoms with Crippen LogP contribution in [0.25, 0.3) is 0 Å². The van der Waals surface area contributed by atoms with Gasteiger partial charge in [-0.1, -0.05) is 6.07 Å². The highest BCUT2D eigenvalue weighted by Crippen LogP contribution is 2.16. The van der Waals surface area contributed by atoms with Gasteiger partial charge in [0.2, 0.25) is 0 Å². The van der Waals surface area contributed by atoms with Gasteiger partial charge in [-0.3, -0.25) is 9.78 Å². The largest absolute Gasteiger partial charge is 0.497 e. The van der Waals surface area contributed by atoms with Crippen LogP contribution in [-0.4, -0.2) is 31.2 Å². The van der Waals surface area contributed by atoms with Gasteiger partial charge >= 0.3 is 0 Å². The minimum Gasteiger partial charge on any atom is -0.497 e. The van der Waals surface area contributed by atoms with Crippen molar-refractivity contribution in [3.05, 3.63) is 66.1 Å². The van der Waals surface area contributed by atoms with Crippen molar-refractivity contribution >= 4 is 5.91 Å². The lowest BCUT2D eigenvalue weighted by molar-refractivity contribution is -0.117. The van der Waals surface area contributed by atoms with Crippen molar-refractivity contribution in [2.45, 2.75) is 6.54 Å². The van der Waals surface area contributed by atoms with Crippen LogP contribution in [0.5, 0.6) is 11.5 Å². The van der Waals surface area contributed by atoms with E-state index in [2.05, 4.69) is 15.6 Å². The summed E-state index contributed by atoms with van der Waals surface area (Å²) in [6.07, 6.45) is 4.70. The van der Waals surface area contributed by atoms with Gasteiger partial charge in [0, 0.05) is 31.7 Å². The lowest BCUT2D eigenvalue weighted by Gasteiger charge is -2.07. The molecule has 1 aromatic heterocycles. The Morgan fingerprint density at radius 3 is 2.69 bits per heavy atom. The zero-order valence-corrected chi connectivity index (χ0v) is 14.4. The number of carbonyl (C=O) groups is 1. The smallest absolute Gasteiger partial charge is 0.263 e. The lowest BCUT2D eigenvalue weighted by Crippen LogP contribution is -2.26. The number of carbonyl (C=O) groups excluding carboxylic acids is 1. The summed E-state index contributed by atoms with van der Waals surface area (Å²) < 4.78 is 10.6. The molecule has 0 aliphatic rings. The second kappa shape index (κ2) is 10.4. The van der Waals surface area contributed by atoms with Gasteiger partial charge < -0.3 is 20.1 Å². The number of hydrogen-bond acceptors (Lipinski definition) is 6. The van der Waals surface area contributed by atoms with Crippen molar-refractivity contribution in [3.8, 4) is 17.6 Å². The number of nitrogens with zero attached hydrogens (tertiary/aromatic N) is 2. The van der Waals surface area contributed by atoms with Crippen LogP contribution in [0.15, 0.2) is 60.6 Å². The number of pyridine rings is 1. The molecule has 0 radical (unpaired) electrons. The molecule has 0 fully saturated rings. The van der Waals surface area contributed by atoms with Gasteiger partial charge in [0.25, 0.3) is 5.91 Å². The molecule has 0 aliphatic carbocycles. The molecule has 26 heavy (non-hydrogen) atoms. The molecule has 0 aliphatic heterocycles. The Hall–Kier alpha value is -3.53. The Kier molecular flexibility index (Phi) is 7.49. The molecule has 2 aromatic rings. The van der Waals surface area contributed by atoms with E-state index in [1.54, 1.807) is 37.7 Å². The van der Waals surface area contributed by atoms with Crippen molar-refractivity contribution in [1.82, 2.24) is 15.6 Å². The number of hydrogen-bond donors (Lipinski definition) is 2. The van der Waals surface area contributed by atoms with E-state index in [0.29, 0.717) is 25.4 Å². The summed E-state index contributed by atoms with van der Waals surface area (Å²) in [5, 5.41) is 14.7. The molecule has 1 amide bonds. The van der Waals surface area contributed by atoms with Gasteiger partial charge in [0.15, 0.2) is 0 Å². The van der Waals surface area contributed by atoms with Crippen LogP contribution in [0.2, 0.25) is 0 Å². The first-order valence-corrected chi connectivity index (χ1v) is 8.00. The fourth-order valence-corrected chi connectivity index (χ4v) is 2.00. The second-order valence-corrected chi connectivity index (χ2v) is 5.19. The summed E-state index contributed by atoms with van der Waals surface area (Å²) in [5.41, 5.74) is 0.859. The highest BCUT2D eigenvalue weighted by atomic mass is 16.5. The fourth-order valence-electron chi connectivity index (χ4n) is 2.00. The van der Waals surface area contributed by atoms with Crippen LogP contribution in [0.1, 0.15) is 5.56 Å². The quantitative estimate of drug-likeness (QED) is 0.406. The van der Waals surface area contributed by atoms with Crippen LogP contribution in [0, 0.1) is 11.3 Å². The van der Waals surface area contributed by atoms with E-state index in [1.807, 2.05) is 24.3 Å². The Morgan fingerprint density at radius 1 is 1.27 bits per heavy atom. The number of amides is 1. The van der Waals surface area contributed by atoms with Gasteiger partial charge in [0.05, 0.1) is 7.11 Å². The Labute approximate surface area is 152 Å². The molecular formula is C19H20N4O3. The highest BCUT2D eigenvalue weighted by molar-refractivity contribution is 5.97. The summed E-state index contributed by atoms with van der Waals surface area (Å²) in [4.78, 5) is 16.0. The van der Waals surface area contributed by atoms with Gasteiger partial charge in [-0.15, -0.1) is 0 Å². The van der Waals surface area contributed by atoms with E-state index in [9.17, 15) is 4.79 Å². The van der Waals surface area contributed by atoms with E-state index in [4.69, 9.17) is 14.7 Å². The molecule has 0 bridgehead atoms. The summed E-state index contributed by atoms with van der Waals surface area (Å²) >= 11 is 0. The molecule has 0 saturated carbocycles. The summed E-state index contributed by atoms with van der Waals surface area (Å²) in [5.74, 6) is 1.03. The van der Waals surface area contributed by atoms with Gasteiger partial charge in [-0.2, -0.15) is 5.26 Å². The standard InChI is InChI=1S/C19H20N4O3/c1-25-17-4-6-18(7-5-17)26-10-9-22-14-16(11-20)19(24)23-13-15-3-2-8-21-12-15/h2-8,12,14,22H,9-10,13H2,1H3,(H,23,24)/b16-14-. The zero-order chi connectivity index (χ0) is 18.6. The average molecular weight is 352 g/mol. The SMILES string of the molecule is COc1ccc(OCCN/C=C(/C#N)C(=O)NCc2cccnc2)cc1. The minimum absolute atomic E-state index is 0.00154. The Balaban J connectivity index is 1.72. The molecule has 0 spiro atoms. The first-order chi connectivity index (χ1) is 12.7. The summed E-state index contributed by atoms with van der Waals surface area (Å²) in [6.45, 7) is 1.15. The molecule has 0 saturated heterocycles. The molecular weight excluding hydrogens is 332 g/mol. The van der Waals surface area contributed by atoms with Gasteiger partial charge in [-0.05, 0) is 35.9 Å². The van der Waals surface area contributed by atoms with Gasteiger partial charge in [0.1, 0.15) is 29.7 Å². The van der Waals surface area contributed by atoms with Crippen LogP contribution in [0.3, 0.4) is 0 Å². The predicted octanol–water partition coefficient (Wildman–Crippen LogP) is 1.78. The lowest BCUT2D eigenvalue weighted by atomic mass is 10.2. The van der Waals surface area contributed by atoms with Gasteiger partial charge in [-0.25, -0.2) is 0 Å². The highest BCUT2D eigenvalue weighted by Gasteiger charge is 2.08. The third-order valence-corrected chi connectivity index (χ3v) is 3.36. The fraction of sp³-hybridized carbons (Fsp3) is 0.211. The van der Waals surface area contributed by atoms with E-state index < -0.39 is 5.91 Å². The minimum atomic E-state index is -0.445. The van der Waals surface area contributed by atoms with E-state index in [0.717, 1.165) is 11.3 Å². The maximum absolute atomic E-state index is 12.0. The summed E-state index contributed by atoms with van der Waals surface area (Å²) in [6, 6.07) is 12.7. The number of methoxy groups -OCH3 is 1.